The molecule has 2 aromatic rings. The average Bonchev–Trinajstić information content (AvgIpc) is 2.86. The Morgan fingerprint density at radius 1 is 1.29 bits per heavy atom. The van der Waals surface area contributed by atoms with Gasteiger partial charge in [0.1, 0.15) is 12.3 Å². The predicted octanol–water partition coefficient (Wildman–Crippen LogP) is 1.48. The Hall–Kier alpha value is -2.63. The van der Waals surface area contributed by atoms with E-state index in [2.05, 4.69) is 15.0 Å². The smallest absolute Gasteiger partial charge is 0.325 e. The average molecular weight is 288 g/mol. The van der Waals surface area contributed by atoms with Gasteiger partial charge in [-0.2, -0.15) is 0 Å². The minimum absolute atomic E-state index is 0.0547. The second kappa shape index (κ2) is 6.69. The highest BCUT2D eigenvalue weighted by Crippen LogP contribution is 2.21. The minimum Gasteiger partial charge on any atom is -0.468 e. The topological polar surface area (TPSA) is 81.4 Å². The molecule has 0 radical (unpaired) electrons. The zero-order chi connectivity index (χ0) is 15.2. The van der Waals surface area contributed by atoms with Crippen LogP contribution in [-0.4, -0.2) is 30.5 Å². The highest BCUT2D eigenvalue weighted by atomic mass is 16.5. The molecular weight excluding hydrogens is 272 g/mol. The molecule has 6 heteroatoms. The number of methoxy groups -OCH3 is 1. The first-order valence-corrected chi connectivity index (χ1v) is 6.45. The molecule has 0 aliphatic rings. The van der Waals surface area contributed by atoms with Crippen LogP contribution in [-0.2, 0) is 20.7 Å². The molecule has 1 amide bonds. The van der Waals surface area contributed by atoms with Crippen LogP contribution in [0.2, 0.25) is 0 Å². The van der Waals surface area contributed by atoms with E-state index in [1.807, 2.05) is 30.3 Å². The Kier molecular flexibility index (Phi) is 4.71. The van der Waals surface area contributed by atoms with Gasteiger partial charge in [0.15, 0.2) is 0 Å². The van der Waals surface area contributed by atoms with Gasteiger partial charge < -0.3 is 14.5 Å². The van der Waals surface area contributed by atoms with Gasteiger partial charge in [-0.05, 0) is 19.1 Å². The number of rotatable bonds is 5. The van der Waals surface area contributed by atoms with Gasteiger partial charge in [-0.1, -0.05) is 18.2 Å². The van der Waals surface area contributed by atoms with Gasteiger partial charge in [-0.25, -0.2) is 4.98 Å². The molecule has 110 valence electrons. The third-order valence-electron chi connectivity index (χ3n) is 2.90. The van der Waals surface area contributed by atoms with E-state index in [0.29, 0.717) is 17.3 Å². The number of nitrogens with one attached hydrogen (secondary N) is 1. The number of aromatic nitrogens is 1. The number of esters is 1. The number of aryl methyl sites for hydroxylation is 1. The Morgan fingerprint density at radius 3 is 2.67 bits per heavy atom. The highest BCUT2D eigenvalue weighted by Gasteiger charge is 2.15. The lowest BCUT2D eigenvalue weighted by atomic mass is 10.2. The first-order valence-electron chi connectivity index (χ1n) is 6.45. The van der Waals surface area contributed by atoms with Crippen molar-refractivity contribution in [2.24, 2.45) is 0 Å². The summed E-state index contributed by atoms with van der Waals surface area (Å²) in [7, 11) is 1.27. The van der Waals surface area contributed by atoms with Crippen LogP contribution < -0.4 is 5.32 Å². The predicted molar refractivity (Wildman–Crippen MR) is 75.4 cm³/mol. The summed E-state index contributed by atoms with van der Waals surface area (Å²) in [5.41, 5.74) is 1.40. The van der Waals surface area contributed by atoms with Crippen LogP contribution in [0.3, 0.4) is 0 Å². The van der Waals surface area contributed by atoms with Crippen LogP contribution >= 0.6 is 0 Å². The fourth-order valence-electron chi connectivity index (χ4n) is 1.75. The zero-order valence-electron chi connectivity index (χ0n) is 11.9. The standard InChI is InChI=1S/C15H16N2O4/c1-10-12(8-13(18)16-9-14(19)20-2)17-15(21-10)11-6-4-3-5-7-11/h3-7H,8-9H2,1-2H3,(H,16,18). The van der Waals surface area contributed by atoms with Crippen molar-refractivity contribution in [2.45, 2.75) is 13.3 Å². The molecule has 0 atom stereocenters. The number of carbonyl (C=O) groups is 2. The molecule has 0 aliphatic heterocycles. The van der Waals surface area contributed by atoms with E-state index in [1.165, 1.54) is 7.11 Å². The van der Waals surface area contributed by atoms with E-state index in [4.69, 9.17) is 4.42 Å². The van der Waals surface area contributed by atoms with E-state index in [0.717, 1.165) is 5.56 Å². The molecule has 0 spiro atoms. The number of nitrogens with zero attached hydrogens (tertiary/aromatic N) is 1. The van der Waals surface area contributed by atoms with Gasteiger partial charge in [-0.15, -0.1) is 0 Å². The van der Waals surface area contributed by atoms with Crippen LogP contribution in [0.15, 0.2) is 34.7 Å². The number of hydrogen-bond donors (Lipinski definition) is 1. The molecule has 0 saturated heterocycles. The number of benzene rings is 1. The molecule has 1 N–H and O–H groups in total. The van der Waals surface area contributed by atoms with Crippen LogP contribution in [0.1, 0.15) is 11.5 Å². The molecule has 2 rings (SSSR count). The Morgan fingerprint density at radius 2 is 2.00 bits per heavy atom. The van der Waals surface area contributed by atoms with E-state index < -0.39 is 5.97 Å². The van der Waals surface area contributed by atoms with E-state index in [-0.39, 0.29) is 18.9 Å². The molecule has 21 heavy (non-hydrogen) atoms. The fourth-order valence-corrected chi connectivity index (χ4v) is 1.75. The molecule has 0 aliphatic carbocycles. The maximum absolute atomic E-state index is 11.7. The number of hydrogen-bond acceptors (Lipinski definition) is 5. The normalized spacial score (nSPS) is 10.2. The van der Waals surface area contributed by atoms with Crippen molar-refractivity contribution in [3.8, 4) is 11.5 Å². The molecule has 1 aromatic carbocycles. The Bertz CT molecular complexity index is 634. The monoisotopic (exact) mass is 288 g/mol. The summed E-state index contributed by atoms with van der Waals surface area (Å²) in [6.45, 7) is 1.60. The van der Waals surface area contributed by atoms with Gasteiger partial charge in [0.2, 0.25) is 11.8 Å². The van der Waals surface area contributed by atoms with Crippen molar-refractivity contribution in [1.29, 1.82) is 0 Å². The molecule has 6 nitrogen and oxygen atoms in total. The first-order chi connectivity index (χ1) is 10.1. The molecule has 1 aromatic heterocycles. The summed E-state index contributed by atoms with van der Waals surface area (Å²) in [6, 6.07) is 9.44. The van der Waals surface area contributed by atoms with Gasteiger partial charge >= 0.3 is 5.97 Å². The van der Waals surface area contributed by atoms with Crippen molar-refractivity contribution in [1.82, 2.24) is 10.3 Å². The molecule has 0 saturated carbocycles. The first kappa shape index (κ1) is 14.8. The summed E-state index contributed by atoms with van der Waals surface area (Å²) in [5, 5.41) is 2.46. The van der Waals surface area contributed by atoms with E-state index in [9.17, 15) is 9.59 Å². The third-order valence-corrected chi connectivity index (χ3v) is 2.90. The lowest BCUT2D eigenvalue weighted by molar-refractivity contribution is -0.141. The summed E-state index contributed by atoms with van der Waals surface area (Å²) >= 11 is 0. The Labute approximate surface area is 122 Å². The van der Waals surface area contributed by atoms with Crippen molar-refractivity contribution in [3.63, 3.8) is 0 Å². The van der Waals surface area contributed by atoms with Crippen molar-refractivity contribution < 1.29 is 18.7 Å². The van der Waals surface area contributed by atoms with Gasteiger partial charge in [0.25, 0.3) is 0 Å². The highest BCUT2D eigenvalue weighted by molar-refractivity contribution is 5.83. The second-order valence-corrected chi connectivity index (χ2v) is 4.42. The number of amides is 1. The van der Waals surface area contributed by atoms with Crippen molar-refractivity contribution in [3.05, 3.63) is 41.8 Å². The van der Waals surface area contributed by atoms with Crippen molar-refractivity contribution >= 4 is 11.9 Å². The molecule has 1 heterocycles. The fraction of sp³-hybridized carbons (Fsp3) is 0.267. The number of ether oxygens (including phenoxy) is 1. The van der Waals surface area contributed by atoms with E-state index in [1.54, 1.807) is 6.92 Å². The van der Waals surface area contributed by atoms with Crippen LogP contribution in [0.4, 0.5) is 0 Å². The minimum atomic E-state index is -0.495. The van der Waals surface area contributed by atoms with Crippen molar-refractivity contribution in [2.75, 3.05) is 13.7 Å². The summed E-state index contributed by atoms with van der Waals surface area (Å²) < 4.78 is 10.0. The Balaban J connectivity index is 2.03. The van der Waals surface area contributed by atoms with Gasteiger partial charge in [-0.3, -0.25) is 9.59 Å². The molecule has 0 unspecified atom stereocenters. The van der Waals surface area contributed by atoms with Gasteiger partial charge in [0, 0.05) is 5.56 Å². The summed E-state index contributed by atoms with van der Waals surface area (Å²) in [5.74, 6) is 0.257. The quantitative estimate of drug-likeness (QED) is 0.843. The van der Waals surface area contributed by atoms with Crippen LogP contribution in [0.5, 0.6) is 0 Å². The van der Waals surface area contributed by atoms with Crippen LogP contribution in [0, 0.1) is 6.92 Å². The number of carbonyl (C=O) groups excluding carboxylic acids is 2. The third kappa shape index (κ3) is 3.92. The van der Waals surface area contributed by atoms with Gasteiger partial charge in [0.05, 0.1) is 19.2 Å². The summed E-state index contributed by atoms with van der Waals surface area (Å²) in [6.07, 6.45) is 0.0547. The maximum Gasteiger partial charge on any atom is 0.325 e. The largest absolute Gasteiger partial charge is 0.468 e. The lowest BCUT2D eigenvalue weighted by Crippen LogP contribution is -2.31. The number of oxazole rings is 1. The molecule has 0 fully saturated rings. The maximum atomic E-state index is 11.7. The van der Waals surface area contributed by atoms with E-state index >= 15 is 0 Å². The SMILES string of the molecule is COC(=O)CNC(=O)Cc1nc(-c2ccccc2)oc1C. The zero-order valence-corrected chi connectivity index (χ0v) is 11.9. The molecule has 0 bridgehead atoms. The molecular formula is C15H16N2O4. The summed E-state index contributed by atoms with van der Waals surface area (Å²) in [4.78, 5) is 27.0. The van der Waals surface area contributed by atoms with Crippen LogP contribution in [0.25, 0.3) is 11.5 Å². The lowest BCUT2D eigenvalue weighted by Gasteiger charge is -2.02. The second-order valence-electron chi connectivity index (χ2n) is 4.42.